The van der Waals surface area contributed by atoms with Gasteiger partial charge in [-0.25, -0.2) is 0 Å². The Morgan fingerprint density at radius 2 is 2.18 bits per heavy atom. The fraction of sp³-hybridized carbons (Fsp3) is 0.385. The van der Waals surface area contributed by atoms with Crippen LogP contribution in [0.15, 0.2) is 18.2 Å². The van der Waals surface area contributed by atoms with Gasteiger partial charge in [0.1, 0.15) is 5.75 Å². The Bertz CT molecular complexity index is 451. The molecule has 0 aliphatic heterocycles. The van der Waals surface area contributed by atoms with Crippen LogP contribution in [0.3, 0.4) is 0 Å². The number of ketones is 1. The van der Waals surface area contributed by atoms with E-state index in [1.807, 2.05) is 12.1 Å². The Morgan fingerprint density at radius 1 is 1.35 bits per heavy atom. The van der Waals surface area contributed by atoms with Gasteiger partial charge in [0.2, 0.25) is 0 Å². The summed E-state index contributed by atoms with van der Waals surface area (Å²) in [6, 6.07) is 5.45. The first-order valence-corrected chi connectivity index (χ1v) is 5.68. The van der Waals surface area contributed by atoms with Crippen molar-refractivity contribution < 1.29 is 19.4 Å². The molecule has 1 aromatic carbocycles. The van der Waals surface area contributed by atoms with E-state index in [9.17, 15) is 9.59 Å². The number of Topliss-reactive ketones (excluding diaryl/α,β-unsaturated/α-hetero) is 1. The van der Waals surface area contributed by atoms with E-state index < -0.39 is 5.97 Å². The van der Waals surface area contributed by atoms with E-state index in [1.54, 1.807) is 6.07 Å². The van der Waals surface area contributed by atoms with Crippen LogP contribution in [0.1, 0.15) is 35.2 Å². The Balaban J connectivity index is 1.98. The minimum absolute atomic E-state index is 0.105. The third kappa shape index (κ3) is 2.64. The summed E-state index contributed by atoms with van der Waals surface area (Å²) in [5.41, 5.74) is 1.72. The zero-order chi connectivity index (χ0) is 12.3. The lowest BCUT2D eigenvalue weighted by Gasteiger charge is -2.09. The van der Waals surface area contributed by atoms with E-state index in [0.29, 0.717) is 19.4 Å². The van der Waals surface area contributed by atoms with E-state index in [0.717, 1.165) is 23.3 Å². The summed E-state index contributed by atoms with van der Waals surface area (Å²) in [7, 11) is 0. The summed E-state index contributed by atoms with van der Waals surface area (Å²) in [6.07, 6.45) is 1.86. The molecular weight excluding hydrogens is 220 g/mol. The summed E-state index contributed by atoms with van der Waals surface area (Å²) < 4.78 is 5.53. The molecule has 4 nitrogen and oxygen atoms in total. The number of hydrogen-bond acceptors (Lipinski definition) is 3. The van der Waals surface area contributed by atoms with Gasteiger partial charge in [-0.15, -0.1) is 0 Å². The average molecular weight is 234 g/mol. The van der Waals surface area contributed by atoms with Crippen molar-refractivity contribution in [3.05, 3.63) is 29.3 Å². The highest BCUT2D eigenvalue weighted by Gasteiger charge is 2.22. The number of carbonyl (C=O) groups is 2. The largest absolute Gasteiger partial charge is 0.493 e. The van der Waals surface area contributed by atoms with Crippen LogP contribution in [0.2, 0.25) is 0 Å². The molecule has 0 bridgehead atoms. The summed E-state index contributed by atoms with van der Waals surface area (Å²) in [4.78, 5) is 21.8. The van der Waals surface area contributed by atoms with Gasteiger partial charge in [0.25, 0.3) is 0 Å². The van der Waals surface area contributed by atoms with Crippen molar-refractivity contribution in [2.24, 2.45) is 0 Å². The summed E-state index contributed by atoms with van der Waals surface area (Å²) in [6.45, 7) is 0.372. The van der Waals surface area contributed by atoms with Crippen molar-refractivity contribution in [2.75, 3.05) is 6.61 Å². The Kier molecular flexibility index (Phi) is 3.42. The van der Waals surface area contributed by atoms with Gasteiger partial charge in [-0.1, -0.05) is 12.1 Å². The molecule has 17 heavy (non-hydrogen) atoms. The lowest BCUT2D eigenvalue weighted by atomic mass is 10.1. The highest BCUT2D eigenvalue weighted by atomic mass is 16.5. The number of fused-ring (bicyclic) bond motifs is 1. The number of carboxylic acids is 1. The first kappa shape index (κ1) is 11.6. The van der Waals surface area contributed by atoms with Crippen LogP contribution in [0, 0.1) is 0 Å². The van der Waals surface area contributed by atoms with Crippen LogP contribution in [0.4, 0.5) is 0 Å². The molecule has 1 aliphatic rings. The smallest absolute Gasteiger partial charge is 0.303 e. The van der Waals surface area contributed by atoms with E-state index in [4.69, 9.17) is 9.84 Å². The topological polar surface area (TPSA) is 63.6 Å². The van der Waals surface area contributed by atoms with Crippen LogP contribution in [-0.2, 0) is 11.2 Å². The van der Waals surface area contributed by atoms with Crippen LogP contribution >= 0.6 is 0 Å². The molecule has 0 fully saturated rings. The number of benzene rings is 1. The summed E-state index contributed by atoms with van der Waals surface area (Å²) in [5, 5.41) is 8.50. The van der Waals surface area contributed by atoms with Gasteiger partial charge < -0.3 is 9.84 Å². The minimum atomic E-state index is -0.818. The van der Waals surface area contributed by atoms with Crippen molar-refractivity contribution in [1.29, 1.82) is 0 Å². The number of carboxylic acid groups (broad SMARTS) is 1. The zero-order valence-electron chi connectivity index (χ0n) is 9.44. The second-order valence-corrected chi connectivity index (χ2v) is 4.05. The first-order chi connectivity index (χ1) is 8.18. The van der Waals surface area contributed by atoms with E-state index >= 15 is 0 Å². The minimum Gasteiger partial charge on any atom is -0.493 e. The van der Waals surface area contributed by atoms with Crippen LogP contribution in [-0.4, -0.2) is 23.5 Å². The van der Waals surface area contributed by atoms with Gasteiger partial charge >= 0.3 is 5.97 Å². The quantitative estimate of drug-likeness (QED) is 0.792. The third-order valence-electron chi connectivity index (χ3n) is 2.83. The molecule has 0 heterocycles. The van der Waals surface area contributed by atoms with Crippen molar-refractivity contribution >= 4 is 11.8 Å². The summed E-state index contributed by atoms with van der Waals surface area (Å²) in [5.74, 6) is 0.0665. The molecule has 0 radical (unpaired) electrons. The number of hydrogen-bond donors (Lipinski definition) is 1. The molecule has 0 spiro atoms. The summed E-state index contributed by atoms with van der Waals surface area (Å²) >= 11 is 0. The molecule has 90 valence electrons. The fourth-order valence-corrected chi connectivity index (χ4v) is 2.00. The van der Waals surface area contributed by atoms with E-state index in [1.165, 1.54) is 0 Å². The van der Waals surface area contributed by atoms with E-state index in [2.05, 4.69) is 0 Å². The van der Waals surface area contributed by atoms with Gasteiger partial charge in [-0.3, -0.25) is 9.59 Å². The molecule has 1 aromatic rings. The Labute approximate surface area is 99.2 Å². The van der Waals surface area contributed by atoms with Gasteiger partial charge in [-0.2, -0.15) is 0 Å². The van der Waals surface area contributed by atoms with Crippen molar-refractivity contribution in [1.82, 2.24) is 0 Å². The molecule has 0 atom stereocenters. The van der Waals surface area contributed by atoms with Crippen molar-refractivity contribution in [3.63, 3.8) is 0 Å². The van der Waals surface area contributed by atoms with E-state index in [-0.39, 0.29) is 12.2 Å². The predicted molar refractivity (Wildman–Crippen MR) is 61.5 cm³/mol. The zero-order valence-corrected chi connectivity index (χ0v) is 9.44. The maximum absolute atomic E-state index is 11.5. The standard InChI is InChI=1S/C13H14O4/c14-11-7-6-10-9(11)3-1-4-12(10)17-8-2-5-13(15)16/h1,3-4H,2,5-8H2,(H,15,16). The number of rotatable bonds is 5. The van der Waals surface area contributed by atoms with Crippen molar-refractivity contribution in [2.45, 2.75) is 25.7 Å². The van der Waals surface area contributed by atoms with Crippen LogP contribution in [0.25, 0.3) is 0 Å². The van der Waals surface area contributed by atoms with Gasteiger partial charge in [0.15, 0.2) is 5.78 Å². The maximum atomic E-state index is 11.5. The molecule has 4 heteroatoms. The number of aliphatic carboxylic acids is 1. The average Bonchev–Trinajstić information content (AvgIpc) is 2.67. The van der Waals surface area contributed by atoms with Crippen LogP contribution < -0.4 is 4.74 Å². The highest BCUT2D eigenvalue weighted by Crippen LogP contribution is 2.30. The number of ether oxygens (including phenoxy) is 1. The molecule has 0 saturated carbocycles. The molecule has 2 rings (SSSR count). The third-order valence-corrected chi connectivity index (χ3v) is 2.83. The van der Waals surface area contributed by atoms with Gasteiger partial charge in [0, 0.05) is 24.0 Å². The van der Waals surface area contributed by atoms with Gasteiger partial charge in [-0.05, 0) is 18.9 Å². The molecule has 0 aromatic heterocycles. The first-order valence-electron chi connectivity index (χ1n) is 5.68. The van der Waals surface area contributed by atoms with Gasteiger partial charge in [0.05, 0.1) is 6.61 Å². The normalized spacial score (nSPS) is 13.5. The van der Waals surface area contributed by atoms with Crippen LogP contribution in [0.5, 0.6) is 5.75 Å². The molecule has 0 unspecified atom stereocenters. The van der Waals surface area contributed by atoms with Crippen molar-refractivity contribution in [3.8, 4) is 5.75 Å². The Morgan fingerprint density at radius 3 is 2.94 bits per heavy atom. The lowest BCUT2D eigenvalue weighted by Crippen LogP contribution is -2.03. The SMILES string of the molecule is O=C(O)CCCOc1cccc2c1CCC2=O. The highest BCUT2D eigenvalue weighted by molar-refractivity contribution is 6.01. The maximum Gasteiger partial charge on any atom is 0.303 e. The molecule has 0 saturated heterocycles. The monoisotopic (exact) mass is 234 g/mol. The molecule has 0 amide bonds. The Hall–Kier alpha value is -1.84. The molecular formula is C13H14O4. The molecule has 1 aliphatic carbocycles. The predicted octanol–water partition coefficient (Wildman–Crippen LogP) is 2.06. The lowest BCUT2D eigenvalue weighted by molar-refractivity contribution is -0.137. The second-order valence-electron chi connectivity index (χ2n) is 4.05. The fourth-order valence-electron chi connectivity index (χ4n) is 2.00. The number of carbonyl (C=O) groups excluding carboxylic acids is 1. The molecule has 1 N–H and O–H groups in total. The second kappa shape index (κ2) is 4.99.